The molecule has 2 fully saturated rings. The molecule has 2 saturated carbocycles. The van der Waals surface area contributed by atoms with Crippen molar-refractivity contribution in [2.24, 2.45) is 17.3 Å². The highest BCUT2D eigenvalue weighted by Gasteiger charge is 2.70. The van der Waals surface area contributed by atoms with E-state index < -0.39 is 17.3 Å². The van der Waals surface area contributed by atoms with E-state index >= 15 is 0 Å². The molecular weight excluding hydrogens is 172 g/mol. The van der Waals surface area contributed by atoms with Crippen LogP contribution in [0.25, 0.3) is 0 Å². The Hall–Kier alpha value is -1.06. The van der Waals surface area contributed by atoms with Gasteiger partial charge in [-0.3, -0.25) is 9.59 Å². The maximum atomic E-state index is 11.4. The Bertz CT molecular complexity index is 273. The minimum absolute atomic E-state index is 0.265. The molecule has 2 aliphatic rings. The standard InChI is InChI=1S/C9H12O4/c1-13-8(12)9-4-5(9)2-3-6(9)7(10)11/h5-6H,2-4H2,1H3,(H,10,11). The van der Waals surface area contributed by atoms with Crippen molar-refractivity contribution in [3.05, 3.63) is 0 Å². The molecule has 1 N–H and O–H groups in total. The highest BCUT2D eigenvalue weighted by Crippen LogP contribution is 2.67. The number of methoxy groups -OCH3 is 1. The van der Waals surface area contributed by atoms with Gasteiger partial charge in [0.05, 0.1) is 18.4 Å². The first-order valence-corrected chi connectivity index (χ1v) is 4.44. The molecule has 0 spiro atoms. The molecule has 0 aliphatic heterocycles. The second-order valence-corrected chi connectivity index (χ2v) is 3.90. The lowest BCUT2D eigenvalue weighted by molar-refractivity contribution is -0.157. The molecule has 3 atom stereocenters. The number of carboxylic acids is 1. The molecule has 3 unspecified atom stereocenters. The second kappa shape index (κ2) is 2.47. The third kappa shape index (κ3) is 0.913. The summed E-state index contributed by atoms with van der Waals surface area (Å²) in [6.45, 7) is 0. The first-order valence-electron chi connectivity index (χ1n) is 4.44. The molecule has 2 aliphatic carbocycles. The lowest BCUT2D eigenvalue weighted by atomic mass is 9.90. The topological polar surface area (TPSA) is 63.6 Å². The van der Waals surface area contributed by atoms with Crippen molar-refractivity contribution in [3.8, 4) is 0 Å². The van der Waals surface area contributed by atoms with Crippen LogP contribution in [0.2, 0.25) is 0 Å². The number of carboxylic acid groups (broad SMARTS) is 1. The second-order valence-electron chi connectivity index (χ2n) is 3.90. The molecule has 4 heteroatoms. The number of hydrogen-bond acceptors (Lipinski definition) is 3. The van der Waals surface area contributed by atoms with Crippen LogP contribution in [0.4, 0.5) is 0 Å². The Morgan fingerprint density at radius 2 is 2.15 bits per heavy atom. The number of esters is 1. The summed E-state index contributed by atoms with van der Waals surface area (Å²) in [5.74, 6) is -1.43. The van der Waals surface area contributed by atoms with Gasteiger partial charge < -0.3 is 9.84 Å². The third-order valence-electron chi connectivity index (χ3n) is 3.44. The van der Waals surface area contributed by atoms with Gasteiger partial charge in [0.1, 0.15) is 0 Å². The Kier molecular flexibility index (Phi) is 1.62. The fourth-order valence-corrected chi connectivity index (χ4v) is 2.69. The van der Waals surface area contributed by atoms with Gasteiger partial charge in [0.25, 0.3) is 0 Å². The SMILES string of the molecule is COC(=O)C12CC1CCC2C(=O)O. The lowest BCUT2D eigenvalue weighted by Gasteiger charge is -2.16. The summed E-state index contributed by atoms with van der Waals surface area (Å²) < 4.78 is 4.66. The van der Waals surface area contributed by atoms with Crippen LogP contribution >= 0.6 is 0 Å². The average molecular weight is 184 g/mol. The number of carbonyl (C=O) groups excluding carboxylic acids is 1. The van der Waals surface area contributed by atoms with Crippen molar-refractivity contribution in [2.45, 2.75) is 19.3 Å². The normalized spacial score (nSPS) is 41.0. The van der Waals surface area contributed by atoms with Gasteiger partial charge in [-0.15, -0.1) is 0 Å². The first kappa shape index (κ1) is 8.53. The van der Waals surface area contributed by atoms with Crippen LogP contribution in [0.5, 0.6) is 0 Å². The highest BCUT2D eigenvalue weighted by molar-refractivity contribution is 5.88. The van der Waals surface area contributed by atoms with Gasteiger partial charge in [0, 0.05) is 0 Å². The van der Waals surface area contributed by atoms with E-state index in [1.54, 1.807) is 0 Å². The zero-order valence-electron chi connectivity index (χ0n) is 7.45. The summed E-state index contributed by atoms with van der Waals surface area (Å²) in [7, 11) is 1.32. The summed E-state index contributed by atoms with van der Waals surface area (Å²) in [4.78, 5) is 22.3. The maximum absolute atomic E-state index is 11.4. The predicted molar refractivity (Wildman–Crippen MR) is 42.9 cm³/mol. The molecule has 0 saturated heterocycles. The fourth-order valence-electron chi connectivity index (χ4n) is 2.69. The van der Waals surface area contributed by atoms with Gasteiger partial charge in [-0.25, -0.2) is 0 Å². The number of rotatable bonds is 2. The molecule has 0 bridgehead atoms. The van der Waals surface area contributed by atoms with Crippen LogP contribution in [0, 0.1) is 17.3 Å². The van der Waals surface area contributed by atoms with Crippen LogP contribution in [0.1, 0.15) is 19.3 Å². The summed E-state index contributed by atoms with van der Waals surface area (Å²) in [6, 6.07) is 0. The van der Waals surface area contributed by atoms with E-state index in [0.717, 1.165) is 6.42 Å². The quantitative estimate of drug-likeness (QED) is 0.640. The van der Waals surface area contributed by atoms with Crippen molar-refractivity contribution >= 4 is 11.9 Å². The molecule has 0 aromatic heterocycles. The lowest BCUT2D eigenvalue weighted by Crippen LogP contribution is -2.30. The van der Waals surface area contributed by atoms with Crippen LogP contribution in [0.3, 0.4) is 0 Å². The molecule has 0 aromatic carbocycles. The Morgan fingerprint density at radius 3 is 2.62 bits per heavy atom. The number of hydrogen-bond donors (Lipinski definition) is 1. The molecule has 0 amide bonds. The molecule has 0 radical (unpaired) electrons. The van der Waals surface area contributed by atoms with Gasteiger partial charge in [0.2, 0.25) is 0 Å². The smallest absolute Gasteiger partial charge is 0.312 e. The fraction of sp³-hybridized carbons (Fsp3) is 0.778. The zero-order chi connectivity index (χ0) is 9.64. The van der Waals surface area contributed by atoms with E-state index in [1.165, 1.54) is 7.11 Å². The summed E-state index contributed by atoms with van der Waals surface area (Å²) >= 11 is 0. The van der Waals surface area contributed by atoms with Crippen molar-refractivity contribution < 1.29 is 19.4 Å². The summed E-state index contributed by atoms with van der Waals surface area (Å²) in [5.41, 5.74) is -0.652. The minimum atomic E-state index is -0.856. The van der Waals surface area contributed by atoms with E-state index in [-0.39, 0.29) is 11.9 Å². The van der Waals surface area contributed by atoms with Crippen LogP contribution in [0.15, 0.2) is 0 Å². The van der Waals surface area contributed by atoms with Gasteiger partial charge in [-0.05, 0) is 25.2 Å². The van der Waals surface area contributed by atoms with E-state index in [0.29, 0.717) is 12.8 Å². The van der Waals surface area contributed by atoms with Crippen molar-refractivity contribution in [1.82, 2.24) is 0 Å². The van der Waals surface area contributed by atoms with Gasteiger partial charge in [-0.1, -0.05) is 0 Å². The van der Waals surface area contributed by atoms with Gasteiger partial charge in [0.15, 0.2) is 0 Å². The summed E-state index contributed by atoms with van der Waals surface area (Å²) in [5, 5.41) is 8.91. The first-order chi connectivity index (χ1) is 6.13. The van der Waals surface area contributed by atoms with E-state index in [4.69, 9.17) is 5.11 Å². The molecule has 2 rings (SSSR count). The molecule has 0 heterocycles. The molecule has 4 nitrogen and oxygen atoms in total. The van der Waals surface area contributed by atoms with E-state index in [2.05, 4.69) is 4.74 Å². The van der Waals surface area contributed by atoms with Crippen LogP contribution in [-0.4, -0.2) is 24.2 Å². The van der Waals surface area contributed by atoms with E-state index in [1.807, 2.05) is 0 Å². The highest BCUT2D eigenvalue weighted by atomic mass is 16.5. The van der Waals surface area contributed by atoms with E-state index in [9.17, 15) is 9.59 Å². The van der Waals surface area contributed by atoms with Crippen molar-refractivity contribution in [1.29, 1.82) is 0 Å². The Morgan fingerprint density at radius 1 is 1.46 bits per heavy atom. The zero-order valence-corrected chi connectivity index (χ0v) is 7.45. The Labute approximate surface area is 75.9 Å². The Balaban J connectivity index is 2.23. The number of fused-ring (bicyclic) bond motifs is 1. The van der Waals surface area contributed by atoms with Crippen LogP contribution < -0.4 is 0 Å². The third-order valence-corrected chi connectivity index (χ3v) is 3.44. The van der Waals surface area contributed by atoms with Gasteiger partial charge in [-0.2, -0.15) is 0 Å². The maximum Gasteiger partial charge on any atom is 0.312 e. The number of carbonyl (C=O) groups is 2. The molecule has 0 aromatic rings. The largest absolute Gasteiger partial charge is 0.481 e. The number of aliphatic carboxylic acids is 1. The van der Waals surface area contributed by atoms with Crippen LogP contribution in [-0.2, 0) is 14.3 Å². The van der Waals surface area contributed by atoms with Crippen molar-refractivity contribution in [2.75, 3.05) is 7.11 Å². The van der Waals surface area contributed by atoms with Crippen molar-refractivity contribution in [3.63, 3.8) is 0 Å². The monoisotopic (exact) mass is 184 g/mol. The predicted octanol–water partition coefficient (Wildman–Crippen LogP) is 0.660. The minimum Gasteiger partial charge on any atom is -0.481 e. The molecular formula is C9H12O4. The summed E-state index contributed by atoms with van der Waals surface area (Å²) in [6.07, 6.45) is 2.18. The number of ether oxygens (including phenoxy) is 1. The van der Waals surface area contributed by atoms with Gasteiger partial charge >= 0.3 is 11.9 Å². The molecule has 72 valence electrons. The average Bonchev–Trinajstić information content (AvgIpc) is 2.71. The molecule has 13 heavy (non-hydrogen) atoms.